The highest BCUT2D eigenvalue weighted by molar-refractivity contribution is 5.74. The van der Waals surface area contributed by atoms with Gasteiger partial charge in [-0.2, -0.15) is 0 Å². The molecule has 2 aromatic rings. The lowest BCUT2D eigenvalue weighted by atomic mass is 9.82. The van der Waals surface area contributed by atoms with E-state index in [2.05, 4.69) is 53.8 Å². The standard InChI is InChI=1S/C23H31NO2/c1-3-23(4-2,22(25)26)18-24-17-21(15-19-11-7-5-8-12-19)16-20-13-9-6-10-14-20/h5-14,21,24H,3-4,15-18H2,1-2H3,(H,25,26). The average Bonchev–Trinajstić information content (AvgIpc) is 2.67. The van der Waals surface area contributed by atoms with Crippen LogP contribution in [0.25, 0.3) is 0 Å². The first-order valence-corrected chi connectivity index (χ1v) is 9.61. The third-order valence-corrected chi connectivity index (χ3v) is 5.44. The molecule has 0 aromatic heterocycles. The van der Waals surface area contributed by atoms with Gasteiger partial charge in [-0.1, -0.05) is 74.5 Å². The summed E-state index contributed by atoms with van der Waals surface area (Å²) in [5.74, 6) is -0.266. The van der Waals surface area contributed by atoms with Gasteiger partial charge in [0, 0.05) is 6.54 Å². The van der Waals surface area contributed by atoms with E-state index >= 15 is 0 Å². The number of carboxylic acids is 1. The van der Waals surface area contributed by atoms with E-state index in [9.17, 15) is 9.90 Å². The topological polar surface area (TPSA) is 49.3 Å². The van der Waals surface area contributed by atoms with Crippen molar-refractivity contribution in [1.29, 1.82) is 0 Å². The number of hydrogen-bond acceptors (Lipinski definition) is 2. The highest BCUT2D eigenvalue weighted by Gasteiger charge is 2.34. The molecule has 0 saturated carbocycles. The molecule has 140 valence electrons. The van der Waals surface area contributed by atoms with Crippen molar-refractivity contribution in [3.8, 4) is 0 Å². The number of carboxylic acid groups (broad SMARTS) is 1. The molecular weight excluding hydrogens is 322 g/mol. The van der Waals surface area contributed by atoms with E-state index in [1.54, 1.807) is 0 Å². The lowest BCUT2D eigenvalue weighted by molar-refractivity contribution is -0.149. The molecule has 26 heavy (non-hydrogen) atoms. The molecule has 0 aliphatic carbocycles. The smallest absolute Gasteiger partial charge is 0.310 e. The fraction of sp³-hybridized carbons (Fsp3) is 0.435. The number of nitrogens with one attached hydrogen (secondary N) is 1. The monoisotopic (exact) mass is 353 g/mol. The Hall–Kier alpha value is -2.13. The summed E-state index contributed by atoms with van der Waals surface area (Å²) >= 11 is 0. The van der Waals surface area contributed by atoms with Gasteiger partial charge in [-0.05, 0) is 49.3 Å². The molecular formula is C23H31NO2. The zero-order valence-electron chi connectivity index (χ0n) is 15.9. The van der Waals surface area contributed by atoms with Gasteiger partial charge in [0.25, 0.3) is 0 Å². The summed E-state index contributed by atoms with van der Waals surface area (Å²) in [7, 11) is 0. The Bertz CT molecular complexity index is 609. The van der Waals surface area contributed by atoms with E-state index < -0.39 is 11.4 Å². The first-order chi connectivity index (χ1) is 12.6. The van der Waals surface area contributed by atoms with Crippen LogP contribution in [0.3, 0.4) is 0 Å². The summed E-state index contributed by atoms with van der Waals surface area (Å²) < 4.78 is 0. The van der Waals surface area contributed by atoms with Crippen molar-refractivity contribution in [2.24, 2.45) is 11.3 Å². The minimum absolute atomic E-state index is 0.431. The Balaban J connectivity index is 2.02. The van der Waals surface area contributed by atoms with E-state index in [1.165, 1.54) is 11.1 Å². The van der Waals surface area contributed by atoms with Crippen LogP contribution >= 0.6 is 0 Å². The van der Waals surface area contributed by atoms with Gasteiger partial charge in [0.2, 0.25) is 0 Å². The molecule has 2 N–H and O–H groups in total. The second kappa shape index (κ2) is 10.1. The third-order valence-electron chi connectivity index (χ3n) is 5.44. The highest BCUT2D eigenvalue weighted by atomic mass is 16.4. The maximum atomic E-state index is 11.7. The van der Waals surface area contributed by atoms with E-state index in [-0.39, 0.29) is 0 Å². The Kier molecular flexibility index (Phi) is 7.86. The largest absolute Gasteiger partial charge is 0.481 e. The van der Waals surface area contributed by atoms with Crippen molar-refractivity contribution in [3.63, 3.8) is 0 Å². The van der Waals surface area contributed by atoms with Gasteiger partial charge in [0.1, 0.15) is 0 Å². The van der Waals surface area contributed by atoms with Crippen LogP contribution in [-0.4, -0.2) is 24.2 Å². The molecule has 0 saturated heterocycles. The minimum Gasteiger partial charge on any atom is -0.481 e. The Morgan fingerprint density at radius 3 is 1.77 bits per heavy atom. The summed E-state index contributed by atoms with van der Waals surface area (Å²) in [6.45, 7) is 5.27. The molecule has 0 amide bonds. The molecule has 0 spiro atoms. The minimum atomic E-state index is -0.697. The number of carbonyl (C=O) groups is 1. The van der Waals surface area contributed by atoms with Crippen molar-refractivity contribution in [3.05, 3.63) is 71.8 Å². The maximum Gasteiger partial charge on any atom is 0.310 e. The lowest BCUT2D eigenvalue weighted by Gasteiger charge is -2.28. The van der Waals surface area contributed by atoms with E-state index in [0.717, 1.165) is 19.4 Å². The van der Waals surface area contributed by atoms with Crippen molar-refractivity contribution in [1.82, 2.24) is 5.32 Å². The molecule has 0 atom stereocenters. The van der Waals surface area contributed by atoms with Gasteiger partial charge in [0.05, 0.1) is 5.41 Å². The number of aliphatic carboxylic acids is 1. The van der Waals surface area contributed by atoms with Crippen LogP contribution in [0, 0.1) is 11.3 Å². The zero-order valence-corrected chi connectivity index (χ0v) is 15.9. The van der Waals surface area contributed by atoms with Crippen LogP contribution in [0.5, 0.6) is 0 Å². The number of hydrogen-bond donors (Lipinski definition) is 2. The van der Waals surface area contributed by atoms with Crippen molar-refractivity contribution in [2.75, 3.05) is 13.1 Å². The molecule has 0 aliphatic rings. The molecule has 3 heteroatoms. The van der Waals surface area contributed by atoms with Crippen LogP contribution in [-0.2, 0) is 17.6 Å². The Labute approximate surface area is 157 Å². The molecule has 2 rings (SSSR count). The summed E-state index contributed by atoms with van der Waals surface area (Å²) in [5, 5.41) is 13.1. The van der Waals surface area contributed by atoms with Crippen molar-refractivity contribution < 1.29 is 9.90 Å². The Morgan fingerprint density at radius 1 is 0.923 bits per heavy atom. The van der Waals surface area contributed by atoms with Gasteiger partial charge >= 0.3 is 5.97 Å². The average molecular weight is 354 g/mol. The summed E-state index contributed by atoms with van der Waals surface area (Å²) in [6, 6.07) is 21.0. The van der Waals surface area contributed by atoms with Crippen LogP contribution in [0.2, 0.25) is 0 Å². The molecule has 0 heterocycles. The first kappa shape index (κ1) is 20.2. The predicted molar refractivity (Wildman–Crippen MR) is 107 cm³/mol. The van der Waals surface area contributed by atoms with Crippen LogP contribution in [0.4, 0.5) is 0 Å². The highest BCUT2D eigenvalue weighted by Crippen LogP contribution is 2.26. The van der Waals surface area contributed by atoms with Gasteiger partial charge in [0.15, 0.2) is 0 Å². The molecule has 0 radical (unpaired) electrons. The number of rotatable bonds is 11. The van der Waals surface area contributed by atoms with Crippen LogP contribution in [0.1, 0.15) is 37.8 Å². The van der Waals surface area contributed by atoms with E-state index in [0.29, 0.717) is 25.3 Å². The van der Waals surface area contributed by atoms with Gasteiger partial charge in [-0.3, -0.25) is 4.79 Å². The molecule has 0 unspecified atom stereocenters. The van der Waals surface area contributed by atoms with Gasteiger partial charge in [-0.25, -0.2) is 0 Å². The van der Waals surface area contributed by atoms with E-state index in [1.807, 2.05) is 26.0 Å². The first-order valence-electron chi connectivity index (χ1n) is 9.61. The molecule has 2 aromatic carbocycles. The van der Waals surface area contributed by atoms with Crippen LogP contribution in [0.15, 0.2) is 60.7 Å². The summed E-state index contributed by atoms with van der Waals surface area (Å²) in [4.78, 5) is 11.7. The van der Waals surface area contributed by atoms with Gasteiger partial charge in [-0.15, -0.1) is 0 Å². The Morgan fingerprint density at radius 2 is 1.38 bits per heavy atom. The molecule has 0 bridgehead atoms. The summed E-state index contributed by atoms with van der Waals surface area (Å²) in [6.07, 6.45) is 3.27. The molecule has 0 aliphatic heterocycles. The van der Waals surface area contributed by atoms with Gasteiger partial charge < -0.3 is 10.4 Å². The fourth-order valence-corrected chi connectivity index (χ4v) is 3.50. The molecule has 3 nitrogen and oxygen atoms in total. The molecule has 0 fully saturated rings. The van der Waals surface area contributed by atoms with E-state index in [4.69, 9.17) is 0 Å². The van der Waals surface area contributed by atoms with Crippen molar-refractivity contribution >= 4 is 5.97 Å². The fourth-order valence-electron chi connectivity index (χ4n) is 3.50. The predicted octanol–water partition coefficient (Wildman–Crippen LogP) is 4.57. The quantitative estimate of drug-likeness (QED) is 0.622. The SMILES string of the molecule is CCC(CC)(CNCC(Cc1ccccc1)Cc1ccccc1)C(=O)O. The van der Waals surface area contributed by atoms with Crippen LogP contribution < -0.4 is 5.32 Å². The second-order valence-corrected chi connectivity index (χ2v) is 7.17. The second-order valence-electron chi connectivity index (χ2n) is 7.17. The maximum absolute atomic E-state index is 11.7. The normalized spacial score (nSPS) is 11.7. The third kappa shape index (κ3) is 5.70. The lowest BCUT2D eigenvalue weighted by Crippen LogP contribution is -2.42. The zero-order chi connectivity index (χ0) is 18.8. The van der Waals surface area contributed by atoms with Crippen molar-refractivity contribution in [2.45, 2.75) is 39.5 Å². The summed E-state index contributed by atoms with van der Waals surface area (Å²) in [5.41, 5.74) is 1.99. The number of benzene rings is 2.